The number of carbonyl (C=O) groups is 1. The normalized spacial score (nSPS) is 17.4. The standard InChI is InChI=1S/C14H20FN3O/c1-17-8-10-18(11-9-17)7-6-14(19)16-13-5-3-2-4-12(13)15/h2-5H,6-11H2,1H3,(H,16,19). The molecule has 0 spiro atoms. The Morgan fingerprint density at radius 1 is 1.26 bits per heavy atom. The van der Waals surface area contributed by atoms with Gasteiger partial charge in [0.15, 0.2) is 0 Å². The molecule has 0 bridgehead atoms. The minimum Gasteiger partial charge on any atom is -0.324 e. The molecule has 0 aromatic heterocycles. The first-order valence-corrected chi connectivity index (χ1v) is 6.60. The second kappa shape index (κ2) is 6.63. The van der Waals surface area contributed by atoms with Crippen LogP contribution in [-0.2, 0) is 4.79 Å². The third kappa shape index (κ3) is 4.29. The third-order valence-electron chi connectivity index (χ3n) is 3.40. The number of amides is 1. The van der Waals surface area contributed by atoms with E-state index in [0.717, 1.165) is 32.7 Å². The van der Waals surface area contributed by atoms with Crippen LogP contribution >= 0.6 is 0 Å². The maximum Gasteiger partial charge on any atom is 0.225 e. The first kappa shape index (κ1) is 14.0. The van der Waals surface area contributed by atoms with Crippen LogP contribution in [0.2, 0.25) is 0 Å². The highest BCUT2D eigenvalue weighted by atomic mass is 19.1. The molecule has 2 rings (SSSR count). The lowest BCUT2D eigenvalue weighted by molar-refractivity contribution is -0.116. The summed E-state index contributed by atoms with van der Waals surface area (Å²) in [5.74, 6) is -0.528. The Kier molecular flexibility index (Phi) is 4.87. The predicted molar refractivity (Wildman–Crippen MR) is 73.6 cm³/mol. The van der Waals surface area contributed by atoms with E-state index in [-0.39, 0.29) is 11.6 Å². The molecule has 1 heterocycles. The molecule has 1 aromatic rings. The van der Waals surface area contributed by atoms with Crippen molar-refractivity contribution in [2.45, 2.75) is 6.42 Å². The average Bonchev–Trinajstić information content (AvgIpc) is 2.41. The van der Waals surface area contributed by atoms with Crippen LogP contribution in [0.4, 0.5) is 10.1 Å². The fourth-order valence-corrected chi connectivity index (χ4v) is 2.11. The number of likely N-dealkylation sites (N-methyl/N-ethyl adjacent to an activating group) is 1. The number of hydrogen-bond acceptors (Lipinski definition) is 3. The van der Waals surface area contributed by atoms with E-state index in [9.17, 15) is 9.18 Å². The Hall–Kier alpha value is -1.46. The summed E-state index contributed by atoms with van der Waals surface area (Å²) in [5.41, 5.74) is 0.255. The molecule has 1 aliphatic rings. The van der Waals surface area contributed by atoms with Crippen molar-refractivity contribution in [2.75, 3.05) is 45.1 Å². The lowest BCUT2D eigenvalue weighted by Crippen LogP contribution is -2.45. The smallest absolute Gasteiger partial charge is 0.225 e. The summed E-state index contributed by atoms with van der Waals surface area (Å²) in [7, 11) is 2.10. The first-order valence-electron chi connectivity index (χ1n) is 6.60. The van der Waals surface area contributed by atoms with E-state index in [1.807, 2.05) is 0 Å². The van der Waals surface area contributed by atoms with E-state index in [2.05, 4.69) is 22.2 Å². The molecule has 0 unspecified atom stereocenters. The van der Waals surface area contributed by atoms with E-state index in [0.29, 0.717) is 6.42 Å². The zero-order valence-electron chi connectivity index (χ0n) is 11.2. The zero-order valence-corrected chi connectivity index (χ0v) is 11.2. The molecule has 104 valence electrons. The van der Waals surface area contributed by atoms with E-state index in [4.69, 9.17) is 0 Å². The summed E-state index contributed by atoms with van der Waals surface area (Å²) < 4.78 is 13.4. The number of carbonyl (C=O) groups excluding carboxylic acids is 1. The highest BCUT2D eigenvalue weighted by Crippen LogP contribution is 2.12. The van der Waals surface area contributed by atoms with Crippen LogP contribution in [0.15, 0.2) is 24.3 Å². The molecular formula is C14H20FN3O. The highest BCUT2D eigenvalue weighted by molar-refractivity contribution is 5.90. The molecule has 19 heavy (non-hydrogen) atoms. The molecule has 1 aromatic carbocycles. The Morgan fingerprint density at radius 3 is 2.63 bits per heavy atom. The van der Waals surface area contributed by atoms with Crippen LogP contribution < -0.4 is 5.32 Å². The topological polar surface area (TPSA) is 35.6 Å². The Morgan fingerprint density at radius 2 is 1.95 bits per heavy atom. The van der Waals surface area contributed by atoms with Gasteiger partial charge in [-0.2, -0.15) is 0 Å². The van der Waals surface area contributed by atoms with E-state index in [1.165, 1.54) is 6.07 Å². The van der Waals surface area contributed by atoms with Crippen LogP contribution in [0.1, 0.15) is 6.42 Å². The van der Waals surface area contributed by atoms with E-state index < -0.39 is 5.82 Å². The van der Waals surface area contributed by atoms with Crippen molar-refractivity contribution in [1.29, 1.82) is 0 Å². The van der Waals surface area contributed by atoms with Crippen molar-refractivity contribution in [1.82, 2.24) is 9.80 Å². The first-order chi connectivity index (χ1) is 9.15. The maximum absolute atomic E-state index is 13.4. The molecule has 4 nitrogen and oxygen atoms in total. The minimum absolute atomic E-state index is 0.135. The van der Waals surface area contributed by atoms with Gasteiger partial charge in [-0.3, -0.25) is 4.79 Å². The molecule has 0 atom stereocenters. The number of nitrogens with one attached hydrogen (secondary N) is 1. The number of hydrogen-bond donors (Lipinski definition) is 1. The van der Waals surface area contributed by atoms with Crippen LogP contribution in [-0.4, -0.2) is 55.5 Å². The van der Waals surface area contributed by atoms with Crippen molar-refractivity contribution < 1.29 is 9.18 Å². The summed E-state index contributed by atoms with van der Waals surface area (Å²) >= 11 is 0. The van der Waals surface area contributed by atoms with Gasteiger partial charge < -0.3 is 15.1 Å². The van der Waals surface area contributed by atoms with Crippen LogP contribution in [0.25, 0.3) is 0 Å². The summed E-state index contributed by atoms with van der Waals surface area (Å²) in [4.78, 5) is 16.3. The quantitative estimate of drug-likeness (QED) is 0.894. The van der Waals surface area contributed by atoms with Gasteiger partial charge in [-0.15, -0.1) is 0 Å². The summed E-state index contributed by atoms with van der Waals surface area (Å²) in [6, 6.07) is 6.23. The molecule has 1 saturated heterocycles. The number of anilines is 1. The third-order valence-corrected chi connectivity index (χ3v) is 3.40. The number of benzene rings is 1. The fraction of sp³-hybridized carbons (Fsp3) is 0.500. The number of para-hydroxylation sites is 1. The second-order valence-corrected chi connectivity index (χ2v) is 4.92. The summed E-state index contributed by atoms with van der Waals surface area (Å²) in [5, 5.41) is 2.61. The van der Waals surface area contributed by atoms with E-state index in [1.54, 1.807) is 18.2 Å². The van der Waals surface area contributed by atoms with Crippen LogP contribution in [0, 0.1) is 5.82 Å². The van der Waals surface area contributed by atoms with Gasteiger partial charge in [-0.25, -0.2) is 4.39 Å². The molecule has 0 aliphatic carbocycles. The monoisotopic (exact) mass is 265 g/mol. The number of rotatable bonds is 4. The molecule has 1 amide bonds. The van der Waals surface area contributed by atoms with Crippen molar-refractivity contribution in [3.63, 3.8) is 0 Å². The number of piperazine rings is 1. The fourth-order valence-electron chi connectivity index (χ4n) is 2.11. The average molecular weight is 265 g/mol. The van der Waals surface area contributed by atoms with Gasteiger partial charge in [-0.1, -0.05) is 12.1 Å². The highest BCUT2D eigenvalue weighted by Gasteiger charge is 2.15. The van der Waals surface area contributed by atoms with E-state index >= 15 is 0 Å². The zero-order chi connectivity index (χ0) is 13.7. The number of halogens is 1. The van der Waals surface area contributed by atoms with Crippen molar-refractivity contribution >= 4 is 11.6 Å². The Labute approximate surface area is 113 Å². The van der Waals surface area contributed by atoms with Gasteiger partial charge in [0, 0.05) is 39.1 Å². The maximum atomic E-state index is 13.4. The second-order valence-electron chi connectivity index (χ2n) is 4.92. The largest absolute Gasteiger partial charge is 0.324 e. The molecule has 0 radical (unpaired) electrons. The van der Waals surface area contributed by atoms with Gasteiger partial charge in [0.05, 0.1) is 5.69 Å². The molecule has 0 saturated carbocycles. The van der Waals surface area contributed by atoms with Crippen molar-refractivity contribution in [3.05, 3.63) is 30.1 Å². The molecule has 1 N–H and O–H groups in total. The minimum atomic E-state index is -0.393. The van der Waals surface area contributed by atoms with Crippen LogP contribution in [0.3, 0.4) is 0 Å². The summed E-state index contributed by atoms with van der Waals surface area (Å²) in [6.45, 7) is 4.78. The SMILES string of the molecule is CN1CCN(CCC(=O)Nc2ccccc2F)CC1. The van der Waals surface area contributed by atoms with Gasteiger partial charge in [0.2, 0.25) is 5.91 Å². The Balaban J connectivity index is 1.74. The lowest BCUT2D eigenvalue weighted by atomic mass is 10.2. The molecule has 1 aliphatic heterocycles. The molecule has 1 fully saturated rings. The predicted octanol–water partition coefficient (Wildman–Crippen LogP) is 1.40. The molecule has 5 heteroatoms. The van der Waals surface area contributed by atoms with Gasteiger partial charge >= 0.3 is 0 Å². The van der Waals surface area contributed by atoms with Crippen molar-refractivity contribution in [3.8, 4) is 0 Å². The summed E-state index contributed by atoms with van der Waals surface area (Å²) in [6.07, 6.45) is 0.401. The lowest BCUT2D eigenvalue weighted by Gasteiger charge is -2.32. The molecular weight excluding hydrogens is 245 g/mol. The van der Waals surface area contributed by atoms with Gasteiger partial charge in [0.25, 0.3) is 0 Å². The number of nitrogens with zero attached hydrogens (tertiary/aromatic N) is 2. The Bertz CT molecular complexity index is 430. The van der Waals surface area contributed by atoms with Gasteiger partial charge in [0.1, 0.15) is 5.82 Å². The van der Waals surface area contributed by atoms with Crippen LogP contribution in [0.5, 0.6) is 0 Å². The van der Waals surface area contributed by atoms with Gasteiger partial charge in [-0.05, 0) is 19.2 Å². The van der Waals surface area contributed by atoms with Crippen molar-refractivity contribution in [2.24, 2.45) is 0 Å².